The van der Waals surface area contributed by atoms with E-state index in [1.807, 2.05) is 11.8 Å². The average molecular weight is 210 g/mol. The first-order valence-corrected chi connectivity index (χ1v) is 6.41. The largest absolute Gasteiger partial charge is 0.313 e. The van der Waals surface area contributed by atoms with Gasteiger partial charge in [0.25, 0.3) is 0 Å². The van der Waals surface area contributed by atoms with Crippen molar-refractivity contribution in [3.63, 3.8) is 0 Å². The van der Waals surface area contributed by atoms with Gasteiger partial charge >= 0.3 is 0 Å². The van der Waals surface area contributed by atoms with Crippen LogP contribution in [0.1, 0.15) is 26.7 Å². The number of hydrogen-bond acceptors (Lipinski definition) is 2. The van der Waals surface area contributed by atoms with Crippen LogP contribution in [0.25, 0.3) is 0 Å². The van der Waals surface area contributed by atoms with Crippen LogP contribution in [0.4, 0.5) is 0 Å². The Morgan fingerprint density at radius 1 is 1.42 bits per heavy atom. The molecule has 0 aromatic carbocycles. The number of alkyl halides is 1. The highest BCUT2D eigenvalue weighted by atomic mass is 35.5. The van der Waals surface area contributed by atoms with Gasteiger partial charge in [0.05, 0.1) is 0 Å². The molecule has 0 aliphatic carbocycles. The normalized spacial score (nSPS) is 13.2. The fourth-order valence-corrected chi connectivity index (χ4v) is 1.88. The van der Waals surface area contributed by atoms with E-state index >= 15 is 0 Å². The first-order chi connectivity index (χ1) is 5.85. The van der Waals surface area contributed by atoms with Gasteiger partial charge in [-0.3, -0.25) is 0 Å². The Hall–Kier alpha value is 0.600. The van der Waals surface area contributed by atoms with Crippen LogP contribution in [0.2, 0.25) is 0 Å². The summed E-state index contributed by atoms with van der Waals surface area (Å²) in [7, 11) is 0. The fraction of sp³-hybridized carbons (Fsp3) is 1.00. The third kappa shape index (κ3) is 7.26. The molecule has 0 saturated carbocycles. The molecule has 1 nitrogen and oxygen atoms in total. The summed E-state index contributed by atoms with van der Waals surface area (Å²) in [6.45, 7) is 5.52. The summed E-state index contributed by atoms with van der Waals surface area (Å²) >= 11 is 7.65. The Kier molecular flexibility index (Phi) is 10.2. The van der Waals surface area contributed by atoms with Crippen LogP contribution >= 0.6 is 23.4 Å². The van der Waals surface area contributed by atoms with E-state index in [1.54, 1.807) is 0 Å². The van der Waals surface area contributed by atoms with E-state index in [9.17, 15) is 0 Å². The Balaban J connectivity index is 3.19. The number of thioether (sulfide) groups is 1. The van der Waals surface area contributed by atoms with Gasteiger partial charge in [0, 0.05) is 24.2 Å². The zero-order chi connectivity index (χ0) is 9.23. The van der Waals surface area contributed by atoms with Crippen LogP contribution < -0.4 is 5.32 Å². The lowest BCUT2D eigenvalue weighted by Gasteiger charge is -2.14. The Morgan fingerprint density at radius 2 is 2.17 bits per heavy atom. The molecule has 1 unspecified atom stereocenters. The molecule has 0 aromatic heterocycles. The van der Waals surface area contributed by atoms with Crippen molar-refractivity contribution in [2.24, 2.45) is 0 Å². The van der Waals surface area contributed by atoms with Crippen molar-refractivity contribution in [1.82, 2.24) is 5.32 Å². The van der Waals surface area contributed by atoms with Crippen LogP contribution in [-0.2, 0) is 0 Å². The van der Waals surface area contributed by atoms with Gasteiger partial charge in [-0.25, -0.2) is 0 Å². The molecular weight excluding hydrogens is 190 g/mol. The second kappa shape index (κ2) is 9.69. The van der Waals surface area contributed by atoms with Gasteiger partial charge in [-0.15, -0.1) is 11.6 Å². The summed E-state index contributed by atoms with van der Waals surface area (Å²) in [4.78, 5) is 0. The van der Waals surface area contributed by atoms with E-state index < -0.39 is 0 Å². The molecule has 0 aliphatic rings. The molecule has 74 valence electrons. The maximum Gasteiger partial charge on any atom is 0.0238 e. The maximum atomic E-state index is 5.67. The van der Waals surface area contributed by atoms with Crippen molar-refractivity contribution in [3.8, 4) is 0 Å². The highest BCUT2D eigenvalue weighted by molar-refractivity contribution is 7.99. The predicted molar refractivity (Wildman–Crippen MR) is 60.4 cm³/mol. The molecule has 1 atom stereocenters. The lowest BCUT2D eigenvalue weighted by Crippen LogP contribution is -2.30. The number of hydrogen-bond donors (Lipinski definition) is 1. The van der Waals surface area contributed by atoms with Gasteiger partial charge in [0.1, 0.15) is 0 Å². The summed E-state index contributed by atoms with van der Waals surface area (Å²) in [5.74, 6) is 3.20. The van der Waals surface area contributed by atoms with Gasteiger partial charge in [-0.1, -0.05) is 13.8 Å². The molecule has 0 fully saturated rings. The first-order valence-electron chi connectivity index (χ1n) is 4.72. The highest BCUT2D eigenvalue weighted by Crippen LogP contribution is 2.00. The van der Waals surface area contributed by atoms with E-state index in [2.05, 4.69) is 19.2 Å². The van der Waals surface area contributed by atoms with Crippen LogP contribution in [-0.4, -0.2) is 30.0 Å². The maximum absolute atomic E-state index is 5.67. The molecule has 0 aliphatic heterocycles. The van der Waals surface area contributed by atoms with Gasteiger partial charge < -0.3 is 5.32 Å². The molecule has 0 rings (SSSR count). The Labute approximate surface area is 85.6 Å². The molecule has 1 N–H and O–H groups in total. The summed E-state index contributed by atoms with van der Waals surface area (Å²) < 4.78 is 0. The SMILES string of the molecule is CCSCCNC(CC)CCCl. The summed E-state index contributed by atoms with van der Waals surface area (Å²) in [6.07, 6.45) is 2.28. The number of rotatable bonds is 8. The van der Waals surface area contributed by atoms with E-state index in [4.69, 9.17) is 11.6 Å². The minimum atomic E-state index is 0.625. The number of halogens is 1. The standard InChI is InChI=1S/C9H20ClNS/c1-3-9(5-6-10)11-7-8-12-4-2/h9,11H,3-8H2,1-2H3. The summed E-state index contributed by atoms with van der Waals surface area (Å²) in [5, 5.41) is 3.50. The third-order valence-electron chi connectivity index (χ3n) is 1.83. The third-order valence-corrected chi connectivity index (χ3v) is 2.95. The lowest BCUT2D eigenvalue weighted by atomic mass is 10.2. The molecule has 0 heterocycles. The van der Waals surface area contributed by atoms with Crippen molar-refractivity contribution < 1.29 is 0 Å². The van der Waals surface area contributed by atoms with Crippen LogP contribution in [0, 0.1) is 0 Å². The monoisotopic (exact) mass is 209 g/mol. The Bertz CT molecular complexity index is 90.6. The van der Waals surface area contributed by atoms with Crippen LogP contribution in [0.3, 0.4) is 0 Å². The molecule has 0 bridgehead atoms. The van der Waals surface area contributed by atoms with Crippen molar-refractivity contribution >= 4 is 23.4 Å². The summed E-state index contributed by atoms with van der Waals surface area (Å²) in [5.41, 5.74) is 0. The molecule has 0 radical (unpaired) electrons. The fourth-order valence-electron chi connectivity index (χ4n) is 1.06. The van der Waals surface area contributed by atoms with E-state index in [0.29, 0.717) is 6.04 Å². The molecule has 3 heteroatoms. The van der Waals surface area contributed by atoms with E-state index in [0.717, 1.165) is 18.8 Å². The number of nitrogens with one attached hydrogen (secondary N) is 1. The predicted octanol–water partition coefficient (Wildman–Crippen LogP) is 2.74. The lowest BCUT2D eigenvalue weighted by molar-refractivity contribution is 0.503. The topological polar surface area (TPSA) is 12.0 Å². The van der Waals surface area contributed by atoms with Gasteiger partial charge in [-0.05, 0) is 18.6 Å². The van der Waals surface area contributed by atoms with Gasteiger partial charge in [0.2, 0.25) is 0 Å². The first kappa shape index (κ1) is 12.6. The second-order valence-corrected chi connectivity index (χ2v) is 4.51. The van der Waals surface area contributed by atoms with Gasteiger partial charge in [-0.2, -0.15) is 11.8 Å². The van der Waals surface area contributed by atoms with Crippen molar-refractivity contribution in [3.05, 3.63) is 0 Å². The molecule has 0 amide bonds. The summed E-state index contributed by atoms with van der Waals surface area (Å²) in [6, 6.07) is 0.625. The van der Waals surface area contributed by atoms with Crippen molar-refractivity contribution in [2.45, 2.75) is 32.7 Å². The van der Waals surface area contributed by atoms with Crippen molar-refractivity contribution in [2.75, 3.05) is 23.9 Å². The molecule has 0 spiro atoms. The second-order valence-electron chi connectivity index (χ2n) is 2.73. The minimum Gasteiger partial charge on any atom is -0.313 e. The van der Waals surface area contributed by atoms with Crippen LogP contribution in [0.5, 0.6) is 0 Å². The zero-order valence-corrected chi connectivity index (χ0v) is 9.68. The van der Waals surface area contributed by atoms with E-state index in [-0.39, 0.29) is 0 Å². The Morgan fingerprint density at radius 3 is 2.67 bits per heavy atom. The van der Waals surface area contributed by atoms with E-state index in [1.165, 1.54) is 17.9 Å². The molecule has 12 heavy (non-hydrogen) atoms. The average Bonchev–Trinajstić information content (AvgIpc) is 2.10. The van der Waals surface area contributed by atoms with Crippen molar-refractivity contribution in [1.29, 1.82) is 0 Å². The quantitative estimate of drug-likeness (QED) is 0.488. The van der Waals surface area contributed by atoms with Crippen LogP contribution in [0.15, 0.2) is 0 Å². The molecule has 0 aromatic rings. The molecule has 0 saturated heterocycles. The molecular formula is C9H20ClNS. The highest BCUT2D eigenvalue weighted by Gasteiger charge is 2.02. The minimum absolute atomic E-state index is 0.625. The smallest absolute Gasteiger partial charge is 0.0238 e. The zero-order valence-electron chi connectivity index (χ0n) is 8.11. The van der Waals surface area contributed by atoms with Gasteiger partial charge in [0.15, 0.2) is 0 Å².